The quantitative estimate of drug-likeness (QED) is 0.703. The number of morpholine rings is 1. The summed E-state index contributed by atoms with van der Waals surface area (Å²) < 4.78 is 5.73. The molecule has 1 aliphatic heterocycles. The highest BCUT2D eigenvalue weighted by atomic mass is 32.2. The molecule has 1 aromatic rings. The Morgan fingerprint density at radius 1 is 1.19 bits per heavy atom. The topological polar surface area (TPSA) is 79.4 Å². The lowest BCUT2D eigenvalue weighted by atomic mass is 9.81. The zero-order valence-corrected chi connectivity index (χ0v) is 19.0. The van der Waals surface area contributed by atoms with E-state index < -0.39 is 0 Å². The fourth-order valence-electron chi connectivity index (χ4n) is 4.34. The van der Waals surface area contributed by atoms with Gasteiger partial charge in [-0.1, -0.05) is 6.08 Å². The van der Waals surface area contributed by atoms with Gasteiger partial charge in [-0.05, 0) is 56.6 Å². The molecule has 2 saturated carbocycles. The first-order valence-electron chi connectivity index (χ1n) is 11.4. The van der Waals surface area contributed by atoms with Gasteiger partial charge in [0.2, 0.25) is 0 Å². The number of allylic oxidation sites excluding steroid dienone is 4. The van der Waals surface area contributed by atoms with E-state index in [9.17, 15) is 4.79 Å². The molecular formula is C23H31N5O2S. The molecule has 0 radical (unpaired) electrons. The van der Waals surface area contributed by atoms with Crippen molar-refractivity contribution in [2.45, 2.75) is 54.9 Å². The number of amides is 2. The Hall–Kier alpha value is -2.06. The number of nitrogens with zero attached hydrogens (tertiary/aromatic N) is 3. The van der Waals surface area contributed by atoms with Crippen molar-refractivity contribution in [1.82, 2.24) is 20.6 Å². The number of carbonyl (C=O) groups is 1. The van der Waals surface area contributed by atoms with Crippen LogP contribution < -0.4 is 15.5 Å². The van der Waals surface area contributed by atoms with Gasteiger partial charge in [0, 0.05) is 37.2 Å². The number of rotatable bonds is 6. The number of thioether (sulfide) groups is 1. The summed E-state index contributed by atoms with van der Waals surface area (Å²) in [6, 6.07) is 2.07. The summed E-state index contributed by atoms with van der Waals surface area (Å²) in [6.45, 7) is 3.24. The normalized spacial score (nSPS) is 22.8. The fraction of sp³-hybridized carbons (Fsp3) is 0.609. The van der Waals surface area contributed by atoms with Gasteiger partial charge in [0.15, 0.2) is 5.82 Å². The van der Waals surface area contributed by atoms with E-state index >= 15 is 0 Å². The third-order valence-electron chi connectivity index (χ3n) is 6.53. The molecule has 7 nitrogen and oxygen atoms in total. The lowest BCUT2D eigenvalue weighted by molar-refractivity contribution is 0.122. The number of ether oxygens (including phenoxy) is 1. The van der Waals surface area contributed by atoms with E-state index in [1.165, 1.54) is 37.8 Å². The van der Waals surface area contributed by atoms with Crippen LogP contribution in [0.2, 0.25) is 0 Å². The zero-order chi connectivity index (χ0) is 21.3. The van der Waals surface area contributed by atoms with Gasteiger partial charge in [0.25, 0.3) is 0 Å². The Kier molecular flexibility index (Phi) is 5.93. The van der Waals surface area contributed by atoms with Crippen molar-refractivity contribution in [3.05, 3.63) is 35.4 Å². The Morgan fingerprint density at radius 2 is 2.00 bits per heavy atom. The van der Waals surface area contributed by atoms with Crippen molar-refractivity contribution < 1.29 is 9.53 Å². The highest BCUT2D eigenvalue weighted by Gasteiger charge is 2.45. The maximum atomic E-state index is 11.6. The van der Waals surface area contributed by atoms with E-state index in [4.69, 9.17) is 14.7 Å². The number of hydrogen-bond donors (Lipinski definition) is 2. The van der Waals surface area contributed by atoms with Gasteiger partial charge in [-0.25, -0.2) is 14.8 Å². The maximum Gasteiger partial charge on any atom is 0.318 e. The Balaban J connectivity index is 1.47. The van der Waals surface area contributed by atoms with E-state index in [2.05, 4.69) is 39.4 Å². The van der Waals surface area contributed by atoms with Crippen molar-refractivity contribution >= 4 is 29.2 Å². The van der Waals surface area contributed by atoms with E-state index in [0.29, 0.717) is 0 Å². The Bertz CT molecular complexity index is 901. The molecule has 8 heteroatoms. The molecule has 31 heavy (non-hydrogen) atoms. The van der Waals surface area contributed by atoms with E-state index in [0.717, 1.165) is 67.3 Å². The Labute approximate surface area is 188 Å². The second-order valence-electron chi connectivity index (χ2n) is 8.79. The Morgan fingerprint density at radius 3 is 2.61 bits per heavy atom. The molecule has 0 spiro atoms. The first-order valence-corrected chi connectivity index (χ1v) is 12.3. The van der Waals surface area contributed by atoms with Gasteiger partial charge in [0.05, 0.1) is 23.7 Å². The number of nitrogens with one attached hydrogen (secondary N) is 2. The lowest BCUT2D eigenvalue weighted by Gasteiger charge is -2.41. The predicted molar refractivity (Wildman–Crippen MR) is 124 cm³/mol. The lowest BCUT2D eigenvalue weighted by Crippen LogP contribution is -2.38. The standard InChI is InChI=1S/C23H31N5O2S/c1-24-22(29)25-17-5-3-16(4-6-17)21-26-19(23(9-2-10-23)31-18-7-8-18)15-20(27-21)28-11-13-30-14-12-28/h3,5,15,18H,2,4,6-14H2,1H3,(H2,24,25,29). The van der Waals surface area contributed by atoms with Crippen molar-refractivity contribution in [3.8, 4) is 0 Å². The first kappa shape index (κ1) is 20.8. The summed E-state index contributed by atoms with van der Waals surface area (Å²) in [6.07, 6.45) is 12.1. The molecule has 1 saturated heterocycles. The number of aromatic nitrogens is 2. The molecule has 3 fully saturated rings. The molecule has 2 N–H and O–H groups in total. The smallest absolute Gasteiger partial charge is 0.318 e. The van der Waals surface area contributed by atoms with Crippen LogP contribution in [-0.4, -0.2) is 54.6 Å². The summed E-state index contributed by atoms with van der Waals surface area (Å²) in [5.74, 6) is 1.88. The van der Waals surface area contributed by atoms with Gasteiger partial charge < -0.3 is 20.3 Å². The second-order valence-corrected chi connectivity index (χ2v) is 10.5. The minimum Gasteiger partial charge on any atom is -0.378 e. The largest absolute Gasteiger partial charge is 0.378 e. The summed E-state index contributed by atoms with van der Waals surface area (Å²) in [4.78, 5) is 24.1. The third kappa shape index (κ3) is 4.60. The molecule has 3 aliphatic carbocycles. The molecule has 166 valence electrons. The van der Waals surface area contributed by atoms with Gasteiger partial charge in [0.1, 0.15) is 5.82 Å². The van der Waals surface area contributed by atoms with Crippen LogP contribution in [0.5, 0.6) is 0 Å². The van der Waals surface area contributed by atoms with E-state index in [-0.39, 0.29) is 10.8 Å². The van der Waals surface area contributed by atoms with Gasteiger partial charge in [-0.15, -0.1) is 11.8 Å². The van der Waals surface area contributed by atoms with Crippen LogP contribution >= 0.6 is 11.8 Å². The zero-order valence-electron chi connectivity index (χ0n) is 18.2. The average molecular weight is 442 g/mol. The van der Waals surface area contributed by atoms with Gasteiger partial charge >= 0.3 is 6.03 Å². The number of carbonyl (C=O) groups excluding carboxylic acids is 1. The van der Waals surface area contributed by atoms with E-state index in [1.807, 2.05) is 6.08 Å². The van der Waals surface area contributed by atoms with Crippen molar-refractivity contribution in [3.63, 3.8) is 0 Å². The SMILES string of the molecule is CNC(=O)NC1=CC=C(c2nc(N3CCOCC3)cc(C3(SC4CC4)CCC3)n2)CC1. The van der Waals surface area contributed by atoms with Crippen LogP contribution in [0, 0.1) is 0 Å². The monoisotopic (exact) mass is 441 g/mol. The molecule has 5 rings (SSSR count). The molecule has 0 atom stereocenters. The number of urea groups is 1. The van der Waals surface area contributed by atoms with Crippen LogP contribution in [0.3, 0.4) is 0 Å². The summed E-state index contributed by atoms with van der Waals surface area (Å²) in [5, 5.41) is 6.29. The number of hydrogen-bond acceptors (Lipinski definition) is 6. The highest BCUT2D eigenvalue weighted by molar-refractivity contribution is 8.01. The van der Waals surface area contributed by atoms with Crippen molar-refractivity contribution in [1.29, 1.82) is 0 Å². The number of anilines is 1. The molecule has 0 aromatic carbocycles. The average Bonchev–Trinajstić information content (AvgIpc) is 3.61. The van der Waals surface area contributed by atoms with Crippen molar-refractivity contribution in [2.75, 3.05) is 38.3 Å². The highest BCUT2D eigenvalue weighted by Crippen LogP contribution is 2.57. The second kappa shape index (κ2) is 8.82. The molecule has 2 heterocycles. The third-order valence-corrected chi connectivity index (χ3v) is 8.40. The van der Waals surface area contributed by atoms with Crippen LogP contribution in [0.25, 0.3) is 5.57 Å². The summed E-state index contributed by atoms with van der Waals surface area (Å²) >= 11 is 2.15. The minimum absolute atomic E-state index is 0.164. The van der Waals surface area contributed by atoms with Crippen molar-refractivity contribution in [2.24, 2.45) is 0 Å². The maximum absolute atomic E-state index is 11.6. The molecular weight excluding hydrogens is 410 g/mol. The van der Waals surface area contributed by atoms with Gasteiger partial charge in [-0.2, -0.15) is 0 Å². The molecule has 4 aliphatic rings. The van der Waals surface area contributed by atoms with Crippen LogP contribution in [0.1, 0.15) is 56.5 Å². The van der Waals surface area contributed by atoms with Gasteiger partial charge in [-0.3, -0.25) is 0 Å². The molecule has 2 amide bonds. The molecule has 0 bridgehead atoms. The molecule has 0 unspecified atom stereocenters. The fourth-order valence-corrected chi connectivity index (χ4v) is 6.10. The molecule has 1 aromatic heterocycles. The summed E-state index contributed by atoms with van der Waals surface area (Å²) in [5.41, 5.74) is 3.28. The summed E-state index contributed by atoms with van der Waals surface area (Å²) in [7, 11) is 1.63. The van der Waals surface area contributed by atoms with Crippen LogP contribution in [0.4, 0.5) is 10.6 Å². The van der Waals surface area contributed by atoms with Crippen LogP contribution in [0.15, 0.2) is 23.9 Å². The predicted octanol–water partition coefficient (Wildman–Crippen LogP) is 3.58. The van der Waals surface area contributed by atoms with Crippen LogP contribution in [-0.2, 0) is 9.48 Å². The minimum atomic E-state index is -0.181. The van der Waals surface area contributed by atoms with E-state index in [1.54, 1.807) is 7.05 Å². The first-order chi connectivity index (χ1) is 15.1.